The van der Waals surface area contributed by atoms with E-state index in [2.05, 4.69) is 5.32 Å². The van der Waals surface area contributed by atoms with Gasteiger partial charge in [-0.25, -0.2) is 0 Å². The van der Waals surface area contributed by atoms with Crippen LogP contribution in [-0.4, -0.2) is 33.7 Å². The SMILES string of the molecule is CC(CN)S(=O)CCC(=O)NC1CC1. The van der Waals surface area contributed by atoms with Gasteiger partial charge in [0, 0.05) is 40.8 Å². The molecule has 0 radical (unpaired) electrons. The van der Waals surface area contributed by atoms with E-state index in [4.69, 9.17) is 5.73 Å². The lowest BCUT2D eigenvalue weighted by atomic mass is 10.4. The lowest BCUT2D eigenvalue weighted by Gasteiger charge is -2.08. The number of amides is 1. The van der Waals surface area contributed by atoms with Gasteiger partial charge in [-0.3, -0.25) is 9.00 Å². The molecule has 14 heavy (non-hydrogen) atoms. The van der Waals surface area contributed by atoms with Gasteiger partial charge >= 0.3 is 0 Å². The van der Waals surface area contributed by atoms with E-state index in [-0.39, 0.29) is 11.2 Å². The first kappa shape index (κ1) is 11.7. The van der Waals surface area contributed by atoms with Crippen molar-refractivity contribution in [1.82, 2.24) is 5.32 Å². The molecule has 2 atom stereocenters. The van der Waals surface area contributed by atoms with Gasteiger partial charge in [-0.05, 0) is 19.8 Å². The highest BCUT2D eigenvalue weighted by Gasteiger charge is 2.23. The van der Waals surface area contributed by atoms with Crippen molar-refractivity contribution in [3.8, 4) is 0 Å². The quantitative estimate of drug-likeness (QED) is 0.646. The largest absolute Gasteiger partial charge is 0.353 e. The third-order valence-electron chi connectivity index (χ3n) is 2.25. The summed E-state index contributed by atoms with van der Waals surface area (Å²) in [6.45, 7) is 2.26. The van der Waals surface area contributed by atoms with Crippen LogP contribution in [0.4, 0.5) is 0 Å². The Bertz CT molecular complexity index is 229. The first-order chi connectivity index (χ1) is 6.63. The number of carbonyl (C=O) groups excluding carboxylic acids is 1. The molecule has 0 heterocycles. The van der Waals surface area contributed by atoms with E-state index in [1.165, 1.54) is 0 Å². The van der Waals surface area contributed by atoms with E-state index in [1.807, 2.05) is 6.92 Å². The number of nitrogens with two attached hydrogens (primary N) is 1. The van der Waals surface area contributed by atoms with Crippen molar-refractivity contribution < 1.29 is 9.00 Å². The molecule has 0 spiro atoms. The van der Waals surface area contributed by atoms with E-state index in [1.54, 1.807) is 0 Å². The zero-order valence-corrected chi connectivity index (χ0v) is 9.31. The van der Waals surface area contributed by atoms with Gasteiger partial charge in [0.2, 0.25) is 5.91 Å². The Labute approximate surface area is 87.1 Å². The van der Waals surface area contributed by atoms with Crippen molar-refractivity contribution in [2.24, 2.45) is 5.73 Å². The van der Waals surface area contributed by atoms with Crippen LogP contribution in [-0.2, 0) is 15.6 Å². The summed E-state index contributed by atoms with van der Waals surface area (Å²) in [7, 11) is -0.966. The minimum atomic E-state index is -0.966. The molecule has 1 aliphatic rings. The number of nitrogens with one attached hydrogen (secondary N) is 1. The summed E-state index contributed by atoms with van der Waals surface area (Å²) in [6.07, 6.45) is 2.54. The predicted molar refractivity (Wildman–Crippen MR) is 57.3 cm³/mol. The summed E-state index contributed by atoms with van der Waals surface area (Å²) >= 11 is 0. The van der Waals surface area contributed by atoms with Crippen molar-refractivity contribution in [3.63, 3.8) is 0 Å². The smallest absolute Gasteiger partial charge is 0.221 e. The summed E-state index contributed by atoms with van der Waals surface area (Å²) in [4.78, 5) is 11.2. The third kappa shape index (κ3) is 4.19. The second-order valence-electron chi connectivity index (χ2n) is 3.72. The summed E-state index contributed by atoms with van der Waals surface area (Å²) < 4.78 is 11.4. The predicted octanol–water partition coefficient (Wildman–Crippen LogP) is -0.249. The molecule has 2 unspecified atom stereocenters. The fourth-order valence-electron chi connectivity index (χ4n) is 1.03. The van der Waals surface area contributed by atoms with Gasteiger partial charge in [0.1, 0.15) is 0 Å². The lowest BCUT2D eigenvalue weighted by molar-refractivity contribution is -0.120. The average molecular weight is 218 g/mol. The Morgan fingerprint density at radius 1 is 1.64 bits per heavy atom. The second kappa shape index (κ2) is 5.46. The van der Waals surface area contributed by atoms with Crippen LogP contribution in [0.3, 0.4) is 0 Å². The van der Waals surface area contributed by atoms with Crippen LogP contribution in [0, 0.1) is 0 Å². The average Bonchev–Trinajstić information content (AvgIpc) is 2.96. The molecule has 0 aliphatic heterocycles. The fourth-order valence-corrected chi connectivity index (χ4v) is 2.03. The summed E-state index contributed by atoms with van der Waals surface area (Å²) in [5.41, 5.74) is 5.38. The van der Waals surface area contributed by atoms with E-state index >= 15 is 0 Å². The van der Waals surface area contributed by atoms with E-state index in [9.17, 15) is 9.00 Å². The first-order valence-corrected chi connectivity index (χ1v) is 6.38. The van der Waals surface area contributed by atoms with Crippen molar-refractivity contribution in [2.75, 3.05) is 12.3 Å². The van der Waals surface area contributed by atoms with E-state index < -0.39 is 10.8 Å². The molecule has 0 aromatic heterocycles. The van der Waals surface area contributed by atoms with E-state index in [0.29, 0.717) is 24.8 Å². The zero-order chi connectivity index (χ0) is 10.6. The minimum Gasteiger partial charge on any atom is -0.353 e. The maximum atomic E-state index is 11.4. The number of rotatable bonds is 6. The van der Waals surface area contributed by atoms with E-state index in [0.717, 1.165) is 12.8 Å². The number of carbonyl (C=O) groups is 1. The van der Waals surface area contributed by atoms with Crippen molar-refractivity contribution in [1.29, 1.82) is 0 Å². The number of hydrogen-bond acceptors (Lipinski definition) is 3. The van der Waals surface area contributed by atoms with Crippen LogP contribution in [0.15, 0.2) is 0 Å². The van der Waals surface area contributed by atoms with Crippen LogP contribution in [0.5, 0.6) is 0 Å². The maximum Gasteiger partial charge on any atom is 0.221 e. The van der Waals surface area contributed by atoms with Crippen LogP contribution in [0.2, 0.25) is 0 Å². The molecule has 4 nitrogen and oxygen atoms in total. The molecule has 0 aromatic rings. The minimum absolute atomic E-state index is 0.0104. The molecule has 82 valence electrons. The molecule has 0 bridgehead atoms. The Balaban J connectivity index is 2.11. The highest BCUT2D eigenvalue weighted by atomic mass is 32.2. The third-order valence-corrected chi connectivity index (χ3v) is 3.95. The summed E-state index contributed by atoms with van der Waals surface area (Å²) in [6, 6.07) is 0.392. The Kier molecular flexibility index (Phi) is 4.54. The molecule has 1 amide bonds. The molecule has 3 N–H and O–H groups in total. The van der Waals surface area contributed by atoms with Gasteiger partial charge in [-0.2, -0.15) is 0 Å². The standard InChI is InChI=1S/C9H18N2O2S/c1-7(6-10)14(13)5-4-9(12)11-8-2-3-8/h7-8H,2-6,10H2,1H3,(H,11,12). The van der Waals surface area contributed by atoms with Crippen LogP contribution >= 0.6 is 0 Å². The van der Waals surface area contributed by atoms with Gasteiger partial charge in [0.15, 0.2) is 0 Å². The normalized spacial score (nSPS) is 20.1. The molecule has 5 heteroatoms. The molecule has 0 saturated heterocycles. The van der Waals surface area contributed by atoms with Crippen molar-refractivity contribution >= 4 is 16.7 Å². The molecule has 1 saturated carbocycles. The molecular weight excluding hydrogens is 200 g/mol. The van der Waals surface area contributed by atoms with Gasteiger partial charge in [0.05, 0.1) is 0 Å². The second-order valence-corrected chi connectivity index (χ2v) is 5.70. The van der Waals surface area contributed by atoms with Crippen molar-refractivity contribution in [2.45, 2.75) is 37.5 Å². The maximum absolute atomic E-state index is 11.4. The molecule has 0 aromatic carbocycles. The molecule has 1 aliphatic carbocycles. The Morgan fingerprint density at radius 2 is 2.29 bits per heavy atom. The zero-order valence-electron chi connectivity index (χ0n) is 8.49. The molecule has 1 rings (SSSR count). The summed E-state index contributed by atoms with van der Waals surface area (Å²) in [5.74, 6) is 0.446. The number of hydrogen-bond donors (Lipinski definition) is 2. The molecular formula is C9H18N2O2S. The topological polar surface area (TPSA) is 72.2 Å². The van der Waals surface area contributed by atoms with Crippen LogP contribution in [0.1, 0.15) is 26.2 Å². The Morgan fingerprint density at radius 3 is 2.79 bits per heavy atom. The monoisotopic (exact) mass is 218 g/mol. The summed E-state index contributed by atoms with van der Waals surface area (Å²) in [5, 5.41) is 2.85. The molecule has 1 fully saturated rings. The first-order valence-electron chi connectivity index (χ1n) is 5.00. The van der Waals surface area contributed by atoms with Gasteiger partial charge in [-0.1, -0.05) is 0 Å². The fraction of sp³-hybridized carbons (Fsp3) is 0.889. The highest BCUT2D eigenvalue weighted by molar-refractivity contribution is 7.85. The Hall–Kier alpha value is -0.420. The van der Waals surface area contributed by atoms with Crippen molar-refractivity contribution in [3.05, 3.63) is 0 Å². The highest BCUT2D eigenvalue weighted by Crippen LogP contribution is 2.18. The van der Waals surface area contributed by atoms with Crippen LogP contribution < -0.4 is 11.1 Å². The van der Waals surface area contributed by atoms with Crippen LogP contribution in [0.25, 0.3) is 0 Å². The van der Waals surface area contributed by atoms with Gasteiger partial charge in [0.25, 0.3) is 0 Å². The lowest BCUT2D eigenvalue weighted by Crippen LogP contribution is -2.29. The van der Waals surface area contributed by atoms with Gasteiger partial charge in [-0.15, -0.1) is 0 Å². The van der Waals surface area contributed by atoms with Gasteiger partial charge < -0.3 is 11.1 Å².